The Bertz CT molecular complexity index is 1300. The van der Waals surface area contributed by atoms with Crippen LogP contribution in [0.25, 0.3) is 0 Å². The molecule has 2 bridgehead atoms. The summed E-state index contributed by atoms with van der Waals surface area (Å²) in [5.41, 5.74) is 2.23. The Kier molecular flexibility index (Phi) is 6.69. The highest BCUT2D eigenvalue weighted by atomic mass is 32.2. The number of halogens is 1. The van der Waals surface area contributed by atoms with Gasteiger partial charge in [-0.15, -0.1) is 10.2 Å². The number of thioether (sulfide) groups is 1. The van der Waals surface area contributed by atoms with Crippen LogP contribution in [-0.2, 0) is 17.8 Å². The third-order valence-corrected chi connectivity index (χ3v) is 9.48. The lowest BCUT2D eigenvalue weighted by Crippen LogP contribution is -2.37. The number of carbonyl (C=O) groups excluding carboxylic acids is 1. The summed E-state index contributed by atoms with van der Waals surface area (Å²) in [4.78, 5) is 15.3. The third-order valence-electron chi connectivity index (χ3n) is 8.55. The number of fused-ring (bicyclic) bond motifs is 3. The average Bonchev–Trinajstić information content (AvgIpc) is 3.68. The molecular formula is C29H33FN4O2S. The zero-order valence-corrected chi connectivity index (χ0v) is 22.2. The Hall–Kier alpha value is -2.87. The number of hydrogen-bond acceptors (Lipinski definition) is 5. The van der Waals surface area contributed by atoms with E-state index in [-0.39, 0.29) is 36.1 Å². The van der Waals surface area contributed by atoms with E-state index in [1.54, 1.807) is 18.2 Å². The molecule has 0 saturated heterocycles. The first-order valence-corrected chi connectivity index (χ1v) is 14.3. The smallest absolute Gasteiger partial charge is 0.237 e. The molecule has 37 heavy (non-hydrogen) atoms. The minimum absolute atomic E-state index is 0.0775. The van der Waals surface area contributed by atoms with Crippen molar-refractivity contribution < 1.29 is 13.9 Å². The Labute approximate surface area is 221 Å². The first kappa shape index (κ1) is 24.5. The lowest BCUT2D eigenvalue weighted by Gasteiger charge is -2.30. The van der Waals surface area contributed by atoms with Crippen LogP contribution in [0.2, 0.25) is 0 Å². The van der Waals surface area contributed by atoms with E-state index in [1.807, 2.05) is 23.1 Å². The normalized spacial score (nSPS) is 24.9. The molecule has 3 aromatic rings. The fourth-order valence-corrected chi connectivity index (χ4v) is 7.74. The van der Waals surface area contributed by atoms with E-state index in [0.29, 0.717) is 11.7 Å². The number of para-hydroxylation sites is 2. The number of amides is 1. The lowest BCUT2D eigenvalue weighted by atomic mass is 9.84. The topological polar surface area (TPSA) is 60.3 Å². The molecule has 6 rings (SSSR count). The Morgan fingerprint density at radius 1 is 1.14 bits per heavy atom. The van der Waals surface area contributed by atoms with Gasteiger partial charge in [0.2, 0.25) is 5.91 Å². The fourth-order valence-electron chi connectivity index (χ4n) is 6.84. The Morgan fingerprint density at radius 3 is 2.73 bits per heavy atom. The third kappa shape index (κ3) is 4.65. The van der Waals surface area contributed by atoms with E-state index in [0.717, 1.165) is 29.1 Å². The highest BCUT2D eigenvalue weighted by molar-refractivity contribution is 7.99. The molecule has 6 nitrogen and oxygen atoms in total. The number of carbonyl (C=O) groups is 1. The second-order valence-corrected chi connectivity index (χ2v) is 11.7. The maximum absolute atomic E-state index is 14.2. The molecule has 5 atom stereocenters. The van der Waals surface area contributed by atoms with Crippen molar-refractivity contribution in [2.24, 2.45) is 17.8 Å². The number of hydrogen-bond donors (Lipinski definition) is 0. The van der Waals surface area contributed by atoms with Gasteiger partial charge in [-0.25, -0.2) is 4.39 Å². The van der Waals surface area contributed by atoms with Gasteiger partial charge in [-0.05, 0) is 81.0 Å². The van der Waals surface area contributed by atoms with Gasteiger partial charge in [0.05, 0.1) is 5.75 Å². The quantitative estimate of drug-likeness (QED) is 0.338. The van der Waals surface area contributed by atoms with Gasteiger partial charge in [0.15, 0.2) is 22.5 Å². The Morgan fingerprint density at radius 2 is 1.95 bits per heavy atom. The van der Waals surface area contributed by atoms with Gasteiger partial charge in [-0.1, -0.05) is 48.5 Å². The van der Waals surface area contributed by atoms with Crippen LogP contribution in [0.1, 0.15) is 57.0 Å². The molecule has 2 heterocycles. The van der Waals surface area contributed by atoms with Gasteiger partial charge in [-0.3, -0.25) is 9.36 Å². The Balaban J connectivity index is 1.22. The standard InChI is InChI=1S/C29H33FN4O2S/c1-18-13-22-7-3-5-9-25(22)33(18)28(35)17-37-29-32-31-27(16-36-26-10-6-4-8-24(26)30)34(29)19(2)23-15-20-11-12-21(23)14-20/h3-10,18-21,23H,11-17H2,1-2H3/t18-,19-,20+,21+,23-/m1/s1. The molecule has 3 aliphatic rings. The van der Waals surface area contributed by atoms with Gasteiger partial charge in [0.1, 0.15) is 6.61 Å². The van der Waals surface area contributed by atoms with Crippen LogP contribution in [0.15, 0.2) is 53.7 Å². The maximum atomic E-state index is 14.2. The first-order valence-electron chi connectivity index (χ1n) is 13.3. The summed E-state index contributed by atoms with van der Waals surface area (Å²) in [5, 5.41) is 9.69. The average molecular weight is 521 g/mol. The van der Waals surface area contributed by atoms with E-state index >= 15 is 0 Å². The zero-order valence-electron chi connectivity index (χ0n) is 21.3. The minimum atomic E-state index is -0.394. The zero-order chi connectivity index (χ0) is 25.5. The molecule has 2 aromatic carbocycles. The molecule has 1 amide bonds. The predicted molar refractivity (Wildman–Crippen MR) is 142 cm³/mol. The summed E-state index contributed by atoms with van der Waals surface area (Å²) in [5.74, 6) is 2.95. The van der Waals surface area contributed by atoms with Crippen molar-refractivity contribution in [3.63, 3.8) is 0 Å². The number of nitrogens with zero attached hydrogens (tertiary/aromatic N) is 4. The minimum Gasteiger partial charge on any atom is -0.483 e. The van der Waals surface area contributed by atoms with Crippen molar-refractivity contribution in [1.29, 1.82) is 0 Å². The monoisotopic (exact) mass is 520 g/mol. The molecule has 1 aromatic heterocycles. The molecule has 1 aliphatic heterocycles. The van der Waals surface area contributed by atoms with Crippen LogP contribution in [-0.4, -0.2) is 32.5 Å². The van der Waals surface area contributed by atoms with Crippen LogP contribution >= 0.6 is 11.8 Å². The second kappa shape index (κ2) is 10.1. The van der Waals surface area contributed by atoms with Crippen molar-refractivity contribution in [3.8, 4) is 5.75 Å². The van der Waals surface area contributed by atoms with Crippen LogP contribution in [0.5, 0.6) is 5.75 Å². The van der Waals surface area contributed by atoms with Gasteiger partial charge in [0.25, 0.3) is 0 Å². The number of anilines is 1. The molecule has 0 N–H and O–H groups in total. The fraction of sp³-hybridized carbons (Fsp3) is 0.483. The number of aromatic nitrogens is 3. The van der Waals surface area contributed by atoms with E-state index in [2.05, 4.69) is 34.7 Å². The highest BCUT2D eigenvalue weighted by Crippen LogP contribution is 2.52. The summed E-state index contributed by atoms with van der Waals surface area (Å²) in [6, 6.07) is 14.9. The molecule has 8 heteroatoms. The molecule has 2 saturated carbocycles. The van der Waals surface area contributed by atoms with E-state index in [9.17, 15) is 9.18 Å². The maximum Gasteiger partial charge on any atom is 0.237 e. The molecule has 2 fully saturated rings. The van der Waals surface area contributed by atoms with Crippen molar-refractivity contribution in [1.82, 2.24) is 14.8 Å². The molecule has 194 valence electrons. The van der Waals surface area contributed by atoms with E-state index in [1.165, 1.54) is 49.1 Å². The van der Waals surface area contributed by atoms with Gasteiger partial charge < -0.3 is 9.64 Å². The number of ether oxygens (including phenoxy) is 1. The van der Waals surface area contributed by atoms with Crippen LogP contribution in [0.3, 0.4) is 0 Å². The summed E-state index contributed by atoms with van der Waals surface area (Å²) in [6.07, 6.45) is 6.04. The summed E-state index contributed by atoms with van der Waals surface area (Å²) in [6.45, 7) is 4.47. The van der Waals surface area contributed by atoms with Crippen LogP contribution in [0.4, 0.5) is 10.1 Å². The van der Waals surface area contributed by atoms with Gasteiger partial charge >= 0.3 is 0 Å². The van der Waals surface area contributed by atoms with E-state index < -0.39 is 5.82 Å². The lowest BCUT2D eigenvalue weighted by molar-refractivity contribution is -0.116. The highest BCUT2D eigenvalue weighted by Gasteiger charge is 2.43. The van der Waals surface area contributed by atoms with Crippen LogP contribution < -0.4 is 9.64 Å². The SMILES string of the molecule is C[C@@H]1Cc2ccccc2N1C(=O)CSc1nnc(COc2ccccc2F)n1[C@H](C)[C@H]1C[C@H]2CC[C@H]1C2. The largest absolute Gasteiger partial charge is 0.483 e. The van der Waals surface area contributed by atoms with Crippen molar-refractivity contribution in [2.75, 3.05) is 10.7 Å². The summed E-state index contributed by atoms with van der Waals surface area (Å²) < 4.78 is 22.2. The molecule has 0 radical (unpaired) electrons. The number of rotatable bonds is 8. The molecule has 2 aliphatic carbocycles. The van der Waals surface area contributed by atoms with Crippen molar-refractivity contribution in [3.05, 3.63) is 65.7 Å². The van der Waals surface area contributed by atoms with Crippen molar-refractivity contribution in [2.45, 2.75) is 69.8 Å². The van der Waals surface area contributed by atoms with Crippen molar-refractivity contribution >= 4 is 23.4 Å². The first-order chi connectivity index (χ1) is 18.0. The predicted octanol–water partition coefficient (Wildman–Crippen LogP) is 6.06. The molecule has 0 spiro atoms. The summed E-state index contributed by atoms with van der Waals surface area (Å²) in [7, 11) is 0. The second-order valence-electron chi connectivity index (χ2n) is 10.8. The van der Waals surface area contributed by atoms with Gasteiger partial charge in [0, 0.05) is 17.8 Å². The van der Waals surface area contributed by atoms with Crippen LogP contribution in [0, 0.1) is 23.6 Å². The molecule has 0 unspecified atom stereocenters. The van der Waals surface area contributed by atoms with Gasteiger partial charge in [-0.2, -0.15) is 0 Å². The summed E-state index contributed by atoms with van der Waals surface area (Å²) >= 11 is 1.44. The molecular weight excluding hydrogens is 487 g/mol. The van der Waals surface area contributed by atoms with E-state index in [4.69, 9.17) is 4.74 Å². The number of benzene rings is 2.